The number of amides is 1. The number of nitrogens with two attached hydrogens (primary N) is 1. The summed E-state index contributed by atoms with van der Waals surface area (Å²) in [4.78, 5) is 11.7. The summed E-state index contributed by atoms with van der Waals surface area (Å²) in [6.45, 7) is 4.89. The van der Waals surface area contributed by atoms with Crippen LogP contribution in [-0.4, -0.2) is 27.6 Å². The SMILES string of the molecule is Cc1cc(C(=O)NC(C)(C)C(N)=NO)no1. The molecule has 1 heterocycles. The molecule has 0 aromatic carbocycles. The van der Waals surface area contributed by atoms with Gasteiger partial charge in [-0.15, -0.1) is 0 Å². The van der Waals surface area contributed by atoms with E-state index in [0.29, 0.717) is 5.76 Å². The standard InChI is InChI=1S/C9H14N4O3/c1-5-4-6(13-16-5)7(14)11-9(2,3)8(10)12-15/h4,15H,1-3H3,(H2,10,12)(H,11,14). The van der Waals surface area contributed by atoms with Crippen molar-refractivity contribution >= 4 is 11.7 Å². The number of hydrogen-bond donors (Lipinski definition) is 3. The molecular formula is C9H14N4O3. The summed E-state index contributed by atoms with van der Waals surface area (Å²) < 4.78 is 4.77. The van der Waals surface area contributed by atoms with Gasteiger partial charge in [-0.1, -0.05) is 10.3 Å². The molecular weight excluding hydrogens is 212 g/mol. The summed E-state index contributed by atoms with van der Waals surface area (Å²) in [5.41, 5.74) is 4.61. The molecule has 16 heavy (non-hydrogen) atoms. The predicted molar refractivity (Wildman–Crippen MR) is 56.2 cm³/mol. The van der Waals surface area contributed by atoms with Crippen LogP contribution in [0.1, 0.15) is 30.1 Å². The largest absolute Gasteiger partial charge is 0.409 e. The van der Waals surface area contributed by atoms with Gasteiger partial charge in [0.05, 0.1) is 5.54 Å². The summed E-state index contributed by atoms with van der Waals surface area (Å²) in [6, 6.07) is 1.50. The molecule has 0 spiro atoms. The van der Waals surface area contributed by atoms with Crippen LogP contribution in [0.25, 0.3) is 0 Å². The number of amidine groups is 1. The number of carbonyl (C=O) groups is 1. The quantitative estimate of drug-likeness (QED) is 0.295. The van der Waals surface area contributed by atoms with Gasteiger partial charge < -0.3 is 20.8 Å². The number of carbonyl (C=O) groups excluding carboxylic acids is 1. The highest BCUT2D eigenvalue weighted by atomic mass is 16.5. The van der Waals surface area contributed by atoms with Crippen molar-refractivity contribution in [2.24, 2.45) is 10.9 Å². The molecule has 0 bridgehead atoms. The monoisotopic (exact) mass is 226 g/mol. The van der Waals surface area contributed by atoms with Crippen LogP contribution in [0.3, 0.4) is 0 Å². The highest BCUT2D eigenvalue weighted by Crippen LogP contribution is 2.06. The van der Waals surface area contributed by atoms with Crippen molar-refractivity contribution in [1.82, 2.24) is 10.5 Å². The zero-order valence-electron chi connectivity index (χ0n) is 9.31. The van der Waals surface area contributed by atoms with Crippen LogP contribution in [0.5, 0.6) is 0 Å². The Morgan fingerprint density at radius 1 is 1.69 bits per heavy atom. The van der Waals surface area contributed by atoms with Gasteiger partial charge in [0.1, 0.15) is 5.76 Å². The summed E-state index contributed by atoms with van der Waals surface area (Å²) in [5.74, 6) is -0.0127. The molecule has 0 atom stereocenters. The second-order valence-electron chi connectivity index (χ2n) is 3.89. The molecule has 0 aliphatic rings. The number of nitrogens with one attached hydrogen (secondary N) is 1. The third kappa shape index (κ3) is 2.50. The maximum atomic E-state index is 11.7. The summed E-state index contributed by atoms with van der Waals surface area (Å²) >= 11 is 0. The molecule has 0 unspecified atom stereocenters. The van der Waals surface area contributed by atoms with E-state index in [4.69, 9.17) is 15.5 Å². The van der Waals surface area contributed by atoms with Crippen molar-refractivity contribution in [3.8, 4) is 0 Å². The number of hydrogen-bond acceptors (Lipinski definition) is 5. The minimum atomic E-state index is -0.960. The average molecular weight is 226 g/mol. The Bertz CT molecular complexity index is 422. The summed E-state index contributed by atoms with van der Waals surface area (Å²) in [7, 11) is 0. The van der Waals surface area contributed by atoms with E-state index in [-0.39, 0.29) is 11.5 Å². The van der Waals surface area contributed by atoms with E-state index >= 15 is 0 Å². The topological polar surface area (TPSA) is 114 Å². The van der Waals surface area contributed by atoms with Gasteiger partial charge in [-0.05, 0) is 20.8 Å². The van der Waals surface area contributed by atoms with Gasteiger partial charge >= 0.3 is 0 Å². The lowest BCUT2D eigenvalue weighted by molar-refractivity contribution is 0.0921. The van der Waals surface area contributed by atoms with E-state index in [2.05, 4.69) is 15.6 Å². The Morgan fingerprint density at radius 2 is 2.31 bits per heavy atom. The predicted octanol–water partition coefficient (Wildman–Crippen LogP) is 0.238. The Balaban J connectivity index is 2.79. The molecule has 7 heteroatoms. The van der Waals surface area contributed by atoms with Gasteiger partial charge in [-0.3, -0.25) is 4.79 Å². The van der Waals surface area contributed by atoms with E-state index in [9.17, 15) is 4.79 Å². The molecule has 0 fully saturated rings. The van der Waals surface area contributed by atoms with Crippen LogP contribution in [0.2, 0.25) is 0 Å². The lowest BCUT2D eigenvalue weighted by Gasteiger charge is -2.23. The number of aromatic nitrogens is 1. The van der Waals surface area contributed by atoms with E-state index in [1.165, 1.54) is 6.07 Å². The first-order valence-corrected chi connectivity index (χ1v) is 4.60. The highest BCUT2D eigenvalue weighted by molar-refractivity contribution is 5.98. The highest BCUT2D eigenvalue weighted by Gasteiger charge is 2.27. The van der Waals surface area contributed by atoms with E-state index in [1.54, 1.807) is 20.8 Å². The third-order valence-electron chi connectivity index (χ3n) is 2.03. The van der Waals surface area contributed by atoms with Gasteiger partial charge in [0, 0.05) is 6.07 Å². The fourth-order valence-electron chi connectivity index (χ4n) is 1.01. The molecule has 0 aliphatic heterocycles. The van der Waals surface area contributed by atoms with Crippen LogP contribution in [0.15, 0.2) is 15.7 Å². The van der Waals surface area contributed by atoms with E-state index < -0.39 is 11.4 Å². The van der Waals surface area contributed by atoms with Crippen molar-refractivity contribution in [2.45, 2.75) is 26.3 Å². The lowest BCUT2D eigenvalue weighted by atomic mass is 10.0. The second kappa shape index (κ2) is 4.21. The number of oxime groups is 1. The van der Waals surface area contributed by atoms with Crippen molar-refractivity contribution in [2.75, 3.05) is 0 Å². The van der Waals surface area contributed by atoms with Crippen LogP contribution < -0.4 is 11.1 Å². The molecule has 1 amide bonds. The number of nitrogens with zero attached hydrogens (tertiary/aromatic N) is 2. The molecule has 0 saturated heterocycles. The zero-order valence-corrected chi connectivity index (χ0v) is 9.31. The lowest BCUT2D eigenvalue weighted by Crippen LogP contribution is -2.53. The van der Waals surface area contributed by atoms with Gasteiger partial charge in [0.25, 0.3) is 5.91 Å². The van der Waals surface area contributed by atoms with Crippen LogP contribution in [0, 0.1) is 6.92 Å². The number of rotatable bonds is 3. The first kappa shape index (κ1) is 12.0. The average Bonchev–Trinajstić information content (AvgIpc) is 2.63. The Hall–Kier alpha value is -2.05. The van der Waals surface area contributed by atoms with Gasteiger partial charge in [0.2, 0.25) is 0 Å². The molecule has 0 aliphatic carbocycles. The third-order valence-corrected chi connectivity index (χ3v) is 2.03. The molecule has 88 valence electrons. The molecule has 1 rings (SSSR count). The van der Waals surface area contributed by atoms with Crippen LogP contribution >= 0.6 is 0 Å². The normalized spacial score (nSPS) is 12.6. The second-order valence-corrected chi connectivity index (χ2v) is 3.89. The zero-order chi connectivity index (χ0) is 12.3. The van der Waals surface area contributed by atoms with Gasteiger partial charge in [-0.2, -0.15) is 0 Å². The fourth-order valence-corrected chi connectivity index (χ4v) is 1.01. The first-order valence-electron chi connectivity index (χ1n) is 4.60. The maximum Gasteiger partial charge on any atom is 0.274 e. The molecule has 1 aromatic heterocycles. The van der Waals surface area contributed by atoms with E-state index in [0.717, 1.165) is 0 Å². The van der Waals surface area contributed by atoms with Crippen molar-refractivity contribution in [1.29, 1.82) is 0 Å². The maximum absolute atomic E-state index is 11.7. The Labute approximate surface area is 92.3 Å². The van der Waals surface area contributed by atoms with Crippen molar-refractivity contribution in [3.05, 3.63) is 17.5 Å². The van der Waals surface area contributed by atoms with Crippen molar-refractivity contribution < 1.29 is 14.5 Å². The first-order chi connectivity index (χ1) is 7.36. The van der Waals surface area contributed by atoms with Crippen LogP contribution in [0.4, 0.5) is 0 Å². The van der Waals surface area contributed by atoms with Crippen molar-refractivity contribution in [3.63, 3.8) is 0 Å². The summed E-state index contributed by atoms with van der Waals surface area (Å²) in [5, 5.41) is 17.5. The molecule has 7 nitrogen and oxygen atoms in total. The van der Waals surface area contributed by atoms with Gasteiger partial charge in [0.15, 0.2) is 11.5 Å². The van der Waals surface area contributed by atoms with Gasteiger partial charge in [-0.25, -0.2) is 0 Å². The molecule has 0 saturated carbocycles. The Kier molecular flexibility index (Phi) is 3.17. The number of aryl methyl sites for hydroxylation is 1. The Morgan fingerprint density at radius 3 is 2.75 bits per heavy atom. The fraction of sp³-hybridized carbons (Fsp3) is 0.444. The molecule has 4 N–H and O–H groups in total. The minimum Gasteiger partial charge on any atom is -0.409 e. The van der Waals surface area contributed by atoms with Crippen LogP contribution in [-0.2, 0) is 0 Å². The van der Waals surface area contributed by atoms with E-state index in [1.807, 2.05) is 0 Å². The minimum absolute atomic E-state index is 0.0962. The molecule has 0 radical (unpaired) electrons. The summed E-state index contributed by atoms with van der Waals surface area (Å²) in [6.07, 6.45) is 0. The smallest absolute Gasteiger partial charge is 0.274 e. The molecule has 1 aromatic rings.